The minimum Gasteiger partial charge on any atom is -0.379 e. The molecule has 2 fully saturated rings. The van der Waals surface area contributed by atoms with Crippen LogP contribution in [0, 0.1) is 0 Å². The van der Waals surface area contributed by atoms with Crippen LogP contribution in [0.1, 0.15) is 52.8 Å². The molecule has 0 aromatic heterocycles. The minimum absolute atomic E-state index is 0.181. The van der Waals surface area contributed by atoms with Gasteiger partial charge in [0, 0.05) is 18.6 Å². The van der Waals surface area contributed by atoms with Gasteiger partial charge in [0.25, 0.3) is 11.8 Å². The smallest absolute Gasteiger partial charge is 0.335 e. The van der Waals surface area contributed by atoms with Crippen LogP contribution in [0.2, 0.25) is 0 Å². The third kappa shape index (κ3) is 2.91. The quantitative estimate of drug-likeness (QED) is 0.764. The van der Waals surface area contributed by atoms with Crippen LogP contribution in [0.15, 0.2) is 24.3 Å². The molecule has 1 aromatic rings. The molecule has 0 spiro atoms. The molecule has 0 N–H and O–H groups in total. The van der Waals surface area contributed by atoms with Crippen LogP contribution in [-0.4, -0.2) is 59.6 Å². The third-order valence-corrected chi connectivity index (χ3v) is 5.64. The van der Waals surface area contributed by atoms with E-state index in [1.807, 2.05) is 0 Å². The van der Waals surface area contributed by atoms with Gasteiger partial charge in [0.05, 0.1) is 30.8 Å². The lowest BCUT2D eigenvalue weighted by Crippen LogP contribution is -2.53. The van der Waals surface area contributed by atoms with Crippen LogP contribution >= 0.6 is 0 Å². The zero-order valence-electron chi connectivity index (χ0n) is 14.6. The summed E-state index contributed by atoms with van der Waals surface area (Å²) < 4.78 is 5.43. The number of rotatable bonds is 4. The number of ether oxygens (including phenoxy) is 1. The normalized spacial score (nSPS) is 22.5. The monoisotopic (exact) mass is 358 g/mol. The van der Waals surface area contributed by atoms with Crippen molar-refractivity contribution in [3.8, 4) is 0 Å². The van der Waals surface area contributed by atoms with E-state index in [1.165, 1.54) is 0 Å². The lowest BCUT2D eigenvalue weighted by Gasteiger charge is -2.42. The fourth-order valence-corrected chi connectivity index (χ4v) is 4.33. The number of benzene rings is 1. The number of morpholine rings is 1. The summed E-state index contributed by atoms with van der Waals surface area (Å²) >= 11 is 0. The second-order valence-corrected chi connectivity index (χ2v) is 7.12. The van der Waals surface area contributed by atoms with Gasteiger partial charge in [-0.2, -0.15) is 0 Å². The van der Waals surface area contributed by atoms with E-state index in [-0.39, 0.29) is 23.1 Å². The molecule has 7 heteroatoms. The fraction of sp³-hybridized carbons (Fsp3) is 0.526. The maximum absolute atomic E-state index is 12.6. The summed E-state index contributed by atoms with van der Waals surface area (Å²) in [4.78, 5) is 44.9. The Bertz CT molecular complexity index is 700. The van der Waals surface area contributed by atoms with E-state index < -0.39 is 17.8 Å². The number of carbonyl (C=O) groups is 3. The predicted molar refractivity (Wildman–Crippen MR) is 91.2 cm³/mol. The summed E-state index contributed by atoms with van der Waals surface area (Å²) in [6.45, 7) is 2.91. The largest absolute Gasteiger partial charge is 0.379 e. The number of hydroxylamine groups is 2. The summed E-state index contributed by atoms with van der Waals surface area (Å²) in [5.41, 5.74) is 0.294. The Morgan fingerprint density at radius 2 is 1.62 bits per heavy atom. The Morgan fingerprint density at radius 1 is 1.04 bits per heavy atom. The molecular weight excluding hydrogens is 336 g/mol. The second-order valence-electron chi connectivity index (χ2n) is 7.12. The number of imide groups is 1. The average molecular weight is 358 g/mol. The number of amides is 2. The molecule has 0 radical (unpaired) electrons. The number of hydrogen-bond acceptors (Lipinski definition) is 6. The molecule has 2 heterocycles. The van der Waals surface area contributed by atoms with Crippen molar-refractivity contribution in [2.24, 2.45) is 0 Å². The number of nitrogens with zero attached hydrogens (tertiary/aromatic N) is 2. The molecule has 2 aliphatic heterocycles. The van der Waals surface area contributed by atoms with Crippen LogP contribution in [0.4, 0.5) is 0 Å². The molecule has 0 unspecified atom stereocenters. The Morgan fingerprint density at radius 3 is 2.19 bits per heavy atom. The van der Waals surface area contributed by atoms with E-state index in [2.05, 4.69) is 4.90 Å². The molecule has 4 rings (SSSR count). The van der Waals surface area contributed by atoms with Crippen molar-refractivity contribution in [2.45, 2.75) is 37.6 Å². The first-order valence-corrected chi connectivity index (χ1v) is 9.12. The van der Waals surface area contributed by atoms with Crippen LogP contribution in [0.25, 0.3) is 0 Å². The van der Waals surface area contributed by atoms with Crippen molar-refractivity contribution in [3.05, 3.63) is 35.4 Å². The summed E-state index contributed by atoms with van der Waals surface area (Å²) in [7, 11) is 0. The molecule has 1 aromatic carbocycles. The maximum Gasteiger partial charge on any atom is 0.335 e. The first-order chi connectivity index (χ1) is 12.6. The van der Waals surface area contributed by atoms with Crippen LogP contribution in [-0.2, 0) is 14.4 Å². The van der Waals surface area contributed by atoms with Crippen molar-refractivity contribution in [3.63, 3.8) is 0 Å². The van der Waals surface area contributed by atoms with E-state index in [1.54, 1.807) is 24.3 Å². The van der Waals surface area contributed by atoms with Crippen LogP contribution in [0.3, 0.4) is 0 Å². The summed E-state index contributed by atoms with van der Waals surface area (Å²) in [5, 5.41) is 0.606. The zero-order chi connectivity index (χ0) is 18.1. The van der Waals surface area contributed by atoms with Crippen molar-refractivity contribution < 1.29 is 24.0 Å². The standard InChI is InChI=1S/C19H22N2O5/c22-16(13-19(7-3-4-8-19)20-9-11-25-12-10-20)26-21-17(23)14-5-1-2-6-15(14)18(21)24/h1-2,5-6H,3-4,7-13H2. The van der Waals surface area contributed by atoms with Gasteiger partial charge < -0.3 is 9.57 Å². The zero-order valence-corrected chi connectivity index (χ0v) is 14.6. The second kappa shape index (κ2) is 6.81. The Labute approximate surface area is 151 Å². The first kappa shape index (κ1) is 17.2. The van der Waals surface area contributed by atoms with Gasteiger partial charge in [-0.25, -0.2) is 4.79 Å². The van der Waals surface area contributed by atoms with Crippen LogP contribution < -0.4 is 0 Å². The SMILES string of the molecule is O=C(CC1(N2CCOCC2)CCCC1)ON1C(=O)c2ccccc2C1=O. The molecule has 1 aliphatic carbocycles. The van der Waals surface area contributed by atoms with E-state index in [0.717, 1.165) is 38.8 Å². The number of fused-ring (bicyclic) bond motifs is 1. The van der Waals surface area contributed by atoms with Gasteiger partial charge in [-0.1, -0.05) is 30.0 Å². The maximum atomic E-state index is 12.6. The third-order valence-electron chi connectivity index (χ3n) is 5.64. The number of carbonyl (C=O) groups excluding carboxylic acids is 3. The molecule has 1 saturated heterocycles. The van der Waals surface area contributed by atoms with E-state index in [9.17, 15) is 14.4 Å². The van der Waals surface area contributed by atoms with Crippen molar-refractivity contribution in [2.75, 3.05) is 26.3 Å². The number of hydrogen-bond donors (Lipinski definition) is 0. The van der Waals surface area contributed by atoms with Crippen molar-refractivity contribution >= 4 is 17.8 Å². The van der Waals surface area contributed by atoms with Gasteiger partial charge in [-0.3, -0.25) is 14.5 Å². The van der Waals surface area contributed by atoms with Gasteiger partial charge in [-0.15, -0.1) is 0 Å². The topological polar surface area (TPSA) is 76.2 Å². The minimum atomic E-state index is -0.578. The first-order valence-electron chi connectivity index (χ1n) is 9.12. The highest BCUT2D eigenvalue weighted by molar-refractivity contribution is 6.20. The Hall–Kier alpha value is -2.25. The fourth-order valence-electron chi connectivity index (χ4n) is 4.33. The van der Waals surface area contributed by atoms with Gasteiger partial charge >= 0.3 is 5.97 Å². The Kier molecular flexibility index (Phi) is 4.50. The predicted octanol–water partition coefficient (Wildman–Crippen LogP) is 1.78. The molecule has 0 atom stereocenters. The molecule has 2 amide bonds. The van der Waals surface area contributed by atoms with Gasteiger partial charge in [0.2, 0.25) is 0 Å². The molecule has 7 nitrogen and oxygen atoms in total. The summed E-state index contributed by atoms with van der Waals surface area (Å²) in [5.74, 6) is -1.69. The van der Waals surface area contributed by atoms with E-state index in [4.69, 9.17) is 9.57 Å². The molecule has 138 valence electrons. The summed E-state index contributed by atoms with van der Waals surface area (Å²) in [6.07, 6.45) is 4.16. The van der Waals surface area contributed by atoms with Gasteiger partial charge in [-0.05, 0) is 25.0 Å². The molecule has 1 saturated carbocycles. The highest BCUT2D eigenvalue weighted by Gasteiger charge is 2.44. The average Bonchev–Trinajstić information content (AvgIpc) is 3.23. The molecule has 26 heavy (non-hydrogen) atoms. The summed E-state index contributed by atoms with van der Waals surface area (Å²) in [6, 6.07) is 6.49. The van der Waals surface area contributed by atoms with Gasteiger partial charge in [0.15, 0.2) is 0 Å². The molecule has 0 bridgehead atoms. The van der Waals surface area contributed by atoms with Gasteiger partial charge in [0.1, 0.15) is 0 Å². The van der Waals surface area contributed by atoms with E-state index in [0.29, 0.717) is 18.3 Å². The Balaban J connectivity index is 1.46. The lowest BCUT2D eigenvalue weighted by molar-refractivity contribution is -0.172. The van der Waals surface area contributed by atoms with Crippen molar-refractivity contribution in [1.29, 1.82) is 0 Å². The van der Waals surface area contributed by atoms with Crippen LogP contribution in [0.5, 0.6) is 0 Å². The van der Waals surface area contributed by atoms with E-state index >= 15 is 0 Å². The lowest BCUT2D eigenvalue weighted by atomic mass is 9.90. The molecular formula is C19H22N2O5. The molecule has 3 aliphatic rings. The highest BCUT2D eigenvalue weighted by atomic mass is 16.7. The highest BCUT2D eigenvalue weighted by Crippen LogP contribution is 2.39. The van der Waals surface area contributed by atoms with Crippen molar-refractivity contribution in [1.82, 2.24) is 9.96 Å².